The van der Waals surface area contributed by atoms with Crippen molar-refractivity contribution in [3.63, 3.8) is 0 Å². The minimum Gasteiger partial charge on any atom is -0.378 e. The Balaban J connectivity index is 1.23. The molecule has 0 saturated carbocycles. The summed E-state index contributed by atoms with van der Waals surface area (Å²) in [5.74, 6) is 1.34. The van der Waals surface area contributed by atoms with Crippen LogP contribution in [0.5, 0.6) is 0 Å². The van der Waals surface area contributed by atoms with E-state index in [0.29, 0.717) is 0 Å². The Kier molecular flexibility index (Phi) is 7.16. The average molecular weight is 403 g/mol. The van der Waals surface area contributed by atoms with Crippen LogP contribution in [0.1, 0.15) is 32.1 Å². The van der Waals surface area contributed by atoms with Crippen LogP contribution >= 0.6 is 0 Å². The minimum atomic E-state index is 0.120. The van der Waals surface area contributed by atoms with Gasteiger partial charge in [0.1, 0.15) is 6.33 Å². The molecule has 0 atom stereocenters. The van der Waals surface area contributed by atoms with Gasteiger partial charge in [-0.3, -0.25) is 4.79 Å². The molecule has 1 aromatic heterocycles. The van der Waals surface area contributed by atoms with Gasteiger partial charge in [-0.1, -0.05) is 0 Å². The first kappa shape index (κ1) is 20.3. The summed E-state index contributed by atoms with van der Waals surface area (Å²) < 4.78 is 5.47. The Bertz CT molecular complexity index is 652. The van der Waals surface area contributed by atoms with Crippen molar-refractivity contribution in [1.29, 1.82) is 0 Å². The molecule has 1 N–H and O–H groups in total. The van der Waals surface area contributed by atoms with E-state index in [9.17, 15) is 4.79 Å². The molecule has 0 unspecified atom stereocenters. The second-order valence-electron chi connectivity index (χ2n) is 8.29. The highest BCUT2D eigenvalue weighted by Crippen LogP contribution is 2.30. The van der Waals surface area contributed by atoms with E-state index < -0.39 is 0 Å². The highest BCUT2D eigenvalue weighted by Gasteiger charge is 2.27. The molecule has 0 bridgehead atoms. The molecule has 3 saturated heterocycles. The van der Waals surface area contributed by atoms with Crippen LogP contribution in [0, 0.1) is 5.92 Å². The van der Waals surface area contributed by atoms with Crippen molar-refractivity contribution in [1.82, 2.24) is 20.2 Å². The van der Waals surface area contributed by atoms with Crippen molar-refractivity contribution >= 4 is 17.4 Å². The predicted octanol–water partition coefficient (Wildman–Crippen LogP) is 1.13. The van der Waals surface area contributed by atoms with Crippen LogP contribution in [-0.4, -0.2) is 86.3 Å². The lowest BCUT2D eigenvalue weighted by molar-refractivity contribution is -0.125. The van der Waals surface area contributed by atoms with Gasteiger partial charge in [0.25, 0.3) is 0 Å². The Morgan fingerprint density at radius 2 is 1.83 bits per heavy atom. The Hall–Kier alpha value is -1.93. The molecule has 1 amide bonds. The Morgan fingerprint density at radius 1 is 1.07 bits per heavy atom. The molecule has 3 aliphatic heterocycles. The second-order valence-corrected chi connectivity index (χ2v) is 8.29. The van der Waals surface area contributed by atoms with E-state index in [-0.39, 0.29) is 11.8 Å². The van der Waals surface area contributed by atoms with Gasteiger partial charge >= 0.3 is 0 Å². The molecule has 1 aromatic rings. The number of aromatic nitrogens is 2. The molecule has 29 heavy (non-hydrogen) atoms. The fourth-order valence-corrected chi connectivity index (χ4v) is 4.61. The number of carbonyl (C=O) groups excluding carboxylic acids is 1. The van der Waals surface area contributed by atoms with E-state index in [1.54, 1.807) is 6.33 Å². The summed E-state index contributed by atoms with van der Waals surface area (Å²) >= 11 is 0. The lowest BCUT2D eigenvalue weighted by atomic mass is 9.95. The summed E-state index contributed by atoms with van der Waals surface area (Å²) in [5, 5.41) is 3.16. The number of morpholine rings is 1. The number of piperidine rings is 1. The molecular formula is C21H34N6O2. The van der Waals surface area contributed by atoms with Gasteiger partial charge in [0, 0.05) is 38.6 Å². The normalized spacial score (nSPS) is 21.5. The summed E-state index contributed by atoms with van der Waals surface area (Å²) in [6.45, 7) is 9.30. The number of rotatable bonds is 7. The number of nitrogens with one attached hydrogen (secondary N) is 1. The van der Waals surface area contributed by atoms with Gasteiger partial charge in [-0.2, -0.15) is 0 Å². The number of amides is 1. The number of anilines is 2. The van der Waals surface area contributed by atoms with E-state index in [4.69, 9.17) is 4.74 Å². The third-order valence-corrected chi connectivity index (χ3v) is 6.34. The van der Waals surface area contributed by atoms with Crippen LogP contribution in [0.3, 0.4) is 0 Å². The molecule has 8 heteroatoms. The smallest absolute Gasteiger partial charge is 0.223 e. The number of hydrogen-bond donors (Lipinski definition) is 1. The number of carbonyl (C=O) groups is 1. The van der Waals surface area contributed by atoms with Crippen molar-refractivity contribution in [2.45, 2.75) is 32.1 Å². The van der Waals surface area contributed by atoms with Gasteiger partial charge in [0.05, 0.1) is 25.1 Å². The van der Waals surface area contributed by atoms with Gasteiger partial charge in [0.15, 0.2) is 5.82 Å². The molecule has 3 fully saturated rings. The fourth-order valence-electron chi connectivity index (χ4n) is 4.61. The number of likely N-dealkylation sites (tertiary alicyclic amines) is 1. The molecular weight excluding hydrogens is 368 g/mol. The van der Waals surface area contributed by atoms with Crippen LogP contribution in [-0.2, 0) is 9.53 Å². The monoisotopic (exact) mass is 402 g/mol. The maximum Gasteiger partial charge on any atom is 0.223 e. The van der Waals surface area contributed by atoms with E-state index >= 15 is 0 Å². The molecule has 0 aromatic carbocycles. The third-order valence-electron chi connectivity index (χ3n) is 6.34. The third kappa shape index (κ3) is 5.36. The van der Waals surface area contributed by atoms with Gasteiger partial charge in [-0.25, -0.2) is 9.97 Å². The molecule has 4 heterocycles. The van der Waals surface area contributed by atoms with Crippen molar-refractivity contribution in [3.8, 4) is 0 Å². The molecule has 8 nitrogen and oxygen atoms in total. The van der Waals surface area contributed by atoms with E-state index in [0.717, 1.165) is 83.3 Å². The first-order valence-electron chi connectivity index (χ1n) is 11.2. The highest BCUT2D eigenvalue weighted by atomic mass is 16.5. The van der Waals surface area contributed by atoms with Crippen molar-refractivity contribution in [3.05, 3.63) is 12.5 Å². The van der Waals surface area contributed by atoms with Gasteiger partial charge < -0.3 is 24.8 Å². The highest BCUT2D eigenvalue weighted by molar-refractivity contribution is 5.79. The zero-order valence-corrected chi connectivity index (χ0v) is 17.4. The van der Waals surface area contributed by atoms with Crippen LogP contribution < -0.4 is 15.1 Å². The van der Waals surface area contributed by atoms with E-state index in [2.05, 4.69) is 30.0 Å². The molecule has 3 aliphatic rings. The van der Waals surface area contributed by atoms with E-state index in [1.165, 1.54) is 25.9 Å². The van der Waals surface area contributed by atoms with Crippen LogP contribution in [0.15, 0.2) is 12.5 Å². The number of hydrogen-bond acceptors (Lipinski definition) is 7. The lowest BCUT2D eigenvalue weighted by Crippen LogP contribution is -2.42. The zero-order chi connectivity index (χ0) is 19.9. The largest absolute Gasteiger partial charge is 0.378 e. The zero-order valence-electron chi connectivity index (χ0n) is 17.4. The quantitative estimate of drug-likeness (QED) is 0.686. The summed E-state index contributed by atoms with van der Waals surface area (Å²) in [5.41, 5.74) is 1.08. The summed E-state index contributed by atoms with van der Waals surface area (Å²) in [7, 11) is 0. The van der Waals surface area contributed by atoms with E-state index in [1.807, 2.05) is 6.20 Å². The minimum absolute atomic E-state index is 0.120. The molecule has 0 spiro atoms. The fraction of sp³-hybridized carbons (Fsp3) is 0.762. The molecule has 160 valence electrons. The molecule has 0 radical (unpaired) electrons. The standard InChI is InChI=1S/C21H34N6O2/c28-21(23-6-3-9-25-7-1-2-8-25)18-4-10-26(11-5-18)19-16-22-17-24-20(19)27-12-14-29-15-13-27/h16-18H,1-15H2,(H,23,28). The maximum atomic E-state index is 12.6. The van der Waals surface area contributed by atoms with Crippen molar-refractivity contribution in [2.75, 3.05) is 75.4 Å². The first-order chi connectivity index (χ1) is 14.3. The average Bonchev–Trinajstić information content (AvgIpc) is 3.31. The van der Waals surface area contributed by atoms with Crippen LogP contribution in [0.25, 0.3) is 0 Å². The van der Waals surface area contributed by atoms with Crippen molar-refractivity contribution in [2.24, 2.45) is 5.92 Å². The summed E-state index contributed by atoms with van der Waals surface area (Å²) in [6.07, 6.45) is 9.00. The van der Waals surface area contributed by atoms with Crippen LogP contribution in [0.2, 0.25) is 0 Å². The summed E-state index contributed by atoms with van der Waals surface area (Å²) in [6, 6.07) is 0. The molecule has 4 rings (SSSR count). The Morgan fingerprint density at radius 3 is 2.59 bits per heavy atom. The SMILES string of the molecule is O=C(NCCCN1CCCC1)C1CCN(c2cncnc2N2CCOCC2)CC1. The van der Waals surface area contributed by atoms with Crippen molar-refractivity contribution < 1.29 is 9.53 Å². The number of nitrogens with zero attached hydrogens (tertiary/aromatic N) is 5. The number of ether oxygens (including phenoxy) is 1. The van der Waals surface area contributed by atoms with Gasteiger partial charge in [0.2, 0.25) is 5.91 Å². The van der Waals surface area contributed by atoms with Gasteiger partial charge in [-0.05, 0) is 51.7 Å². The second kappa shape index (κ2) is 10.2. The first-order valence-corrected chi connectivity index (χ1v) is 11.2. The molecule has 0 aliphatic carbocycles. The maximum absolute atomic E-state index is 12.6. The topological polar surface area (TPSA) is 73.8 Å². The van der Waals surface area contributed by atoms with Gasteiger partial charge in [-0.15, -0.1) is 0 Å². The van der Waals surface area contributed by atoms with Crippen LogP contribution in [0.4, 0.5) is 11.5 Å². The lowest BCUT2D eigenvalue weighted by Gasteiger charge is -2.36. The predicted molar refractivity (Wildman–Crippen MR) is 113 cm³/mol. The Labute approximate surface area is 173 Å². The summed E-state index contributed by atoms with van der Waals surface area (Å²) in [4.78, 5) is 28.5.